The summed E-state index contributed by atoms with van der Waals surface area (Å²) in [7, 11) is 0. The molecule has 0 saturated heterocycles. The van der Waals surface area contributed by atoms with E-state index >= 15 is 0 Å². The maximum absolute atomic E-state index is 13.6. The minimum absolute atomic E-state index is 0.421. The molecule has 3 aromatic rings. The van der Waals surface area contributed by atoms with Crippen molar-refractivity contribution < 1.29 is 18.0 Å². The van der Waals surface area contributed by atoms with E-state index in [-0.39, 0.29) is 0 Å². The van der Waals surface area contributed by atoms with Crippen molar-refractivity contribution in [3.8, 4) is 11.3 Å². The van der Waals surface area contributed by atoms with Gasteiger partial charge in [-0.25, -0.2) is 13.8 Å². The predicted octanol–water partition coefficient (Wildman–Crippen LogP) is 4.49. The zero-order chi connectivity index (χ0) is 17.3. The van der Waals surface area contributed by atoms with Gasteiger partial charge < -0.3 is 9.73 Å². The molecular weight excluding hydrogens is 314 g/mol. The van der Waals surface area contributed by atoms with E-state index in [1.165, 1.54) is 6.07 Å². The third-order valence-corrected chi connectivity index (χ3v) is 3.51. The summed E-state index contributed by atoms with van der Waals surface area (Å²) in [6, 6.07) is 10.0. The fourth-order valence-corrected chi connectivity index (χ4v) is 2.42. The number of nitrogens with one attached hydrogen (secondary N) is 1. The van der Waals surface area contributed by atoms with Crippen molar-refractivity contribution in [1.29, 1.82) is 0 Å². The maximum Gasteiger partial charge on any atom is 0.261 e. The van der Waals surface area contributed by atoms with Crippen molar-refractivity contribution in [2.45, 2.75) is 13.8 Å². The molecule has 1 aromatic heterocycles. The molecule has 6 heteroatoms. The van der Waals surface area contributed by atoms with Gasteiger partial charge in [0.25, 0.3) is 5.91 Å². The minimum atomic E-state index is -0.905. The Labute approximate surface area is 137 Å². The van der Waals surface area contributed by atoms with E-state index in [1.807, 2.05) is 6.92 Å². The number of nitrogens with zero attached hydrogens (tertiary/aromatic N) is 1. The normalized spacial score (nSPS) is 10.7. The molecule has 0 atom stereocenters. The monoisotopic (exact) mass is 328 g/mol. The number of amides is 1. The summed E-state index contributed by atoms with van der Waals surface area (Å²) < 4.78 is 32.6. The molecule has 1 N–H and O–H groups in total. The van der Waals surface area contributed by atoms with Gasteiger partial charge >= 0.3 is 0 Å². The largest absolute Gasteiger partial charge is 0.446 e. The van der Waals surface area contributed by atoms with Gasteiger partial charge in [0.15, 0.2) is 5.89 Å². The lowest BCUT2D eigenvalue weighted by Gasteiger charge is -2.07. The minimum Gasteiger partial charge on any atom is -0.446 e. The molecule has 0 saturated carbocycles. The Morgan fingerprint density at radius 3 is 2.21 bits per heavy atom. The van der Waals surface area contributed by atoms with Crippen LogP contribution in [0.15, 0.2) is 46.9 Å². The highest BCUT2D eigenvalue weighted by atomic mass is 19.1. The van der Waals surface area contributed by atoms with Crippen LogP contribution in [0.1, 0.15) is 22.0 Å². The number of hydrogen-bond acceptors (Lipinski definition) is 3. The Balaban J connectivity index is 1.82. The van der Waals surface area contributed by atoms with Crippen LogP contribution in [-0.4, -0.2) is 10.9 Å². The van der Waals surface area contributed by atoms with Gasteiger partial charge in [0, 0.05) is 18.2 Å². The van der Waals surface area contributed by atoms with E-state index < -0.39 is 23.1 Å². The van der Waals surface area contributed by atoms with E-state index in [4.69, 9.17) is 4.42 Å². The number of carbonyl (C=O) groups is 1. The summed E-state index contributed by atoms with van der Waals surface area (Å²) in [5.74, 6) is -1.39. The van der Waals surface area contributed by atoms with Gasteiger partial charge in [0.2, 0.25) is 0 Å². The molecule has 0 aliphatic carbocycles. The molecular formula is C18H14F2N2O2. The van der Waals surface area contributed by atoms with Crippen molar-refractivity contribution in [2.75, 3.05) is 5.32 Å². The fourth-order valence-electron chi connectivity index (χ4n) is 2.42. The zero-order valence-electron chi connectivity index (χ0n) is 13.1. The van der Waals surface area contributed by atoms with Crippen LogP contribution < -0.4 is 5.32 Å². The van der Waals surface area contributed by atoms with E-state index in [1.54, 1.807) is 31.2 Å². The molecule has 0 spiro atoms. The van der Waals surface area contributed by atoms with Crippen molar-refractivity contribution in [1.82, 2.24) is 4.98 Å². The lowest BCUT2D eigenvalue weighted by Crippen LogP contribution is -2.15. The highest BCUT2D eigenvalue weighted by Crippen LogP contribution is 2.25. The number of benzene rings is 2. The summed E-state index contributed by atoms with van der Waals surface area (Å²) in [6.07, 6.45) is 0. The molecule has 0 aliphatic heterocycles. The molecule has 0 bridgehead atoms. The molecule has 3 rings (SSSR count). The summed E-state index contributed by atoms with van der Waals surface area (Å²) >= 11 is 0. The number of rotatable bonds is 3. The molecule has 24 heavy (non-hydrogen) atoms. The van der Waals surface area contributed by atoms with Crippen molar-refractivity contribution in [3.63, 3.8) is 0 Å². The van der Waals surface area contributed by atoms with E-state index in [0.29, 0.717) is 23.0 Å². The van der Waals surface area contributed by atoms with Gasteiger partial charge in [0.1, 0.15) is 28.7 Å². The Kier molecular flexibility index (Phi) is 4.12. The first kappa shape index (κ1) is 15.9. The Bertz CT molecular complexity index is 882. The molecule has 0 aliphatic rings. The number of aromatic nitrogens is 1. The zero-order valence-corrected chi connectivity index (χ0v) is 13.1. The smallest absolute Gasteiger partial charge is 0.261 e. The van der Waals surface area contributed by atoms with Crippen molar-refractivity contribution in [2.24, 2.45) is 0 Å². The summed E-state index contributed by atoms with van der Waals surface area (Å²) in [4.78, 5) is 16.3. The lowest BCUT2D eigenvalue weighted by molar-refractivity contribution is 0.101. The second kappa shape index (κ2) is 6.23. The number of oxazole rings is 1. The average Bonchev–Trinajstić information content (AvgIpc) is 2.86. The van der Waals surface area contributed by atoms with Crippen LogP contribution in [0.2, 0.25) is 0 Å². The first-order chi connectivity index (χ1) is 11.5. The van der Waals surface area contributed by atoms with Gasteiger partial charge in [0.05, 0.1) is 0 Å². The SMILES string of the molecule is Cc1nc(-c2ccc(NC(=O)c3c(F)cccc3F)cc2)c(C)o1. The quantitative estimate of drug-likeness (QED) is 0.771. The highest BCUT2D eigenvalue weighted by molar-refractivity contribution is 6.04. The molecule has 4 nitrogen and oxygen atoms in total. The third-order valence-electron chi connectivity index (χ3n) is 3.51. The lowest BCUT2D eigenvalue weighted by atomic mass is 10.1. The van der Waals surface area contributed by atoms with Gasteiger partial charge in [-0.2, -0.15) is 0 Å². The number of aryl methyl sites for hydroxylation is 2. The van der Waals surface area contributed by atoms with Gasteiger partial charge in [-0.15, -0.1) is 0 Å². The van der Waals surface area contributed by atoms with Crippen LogP contribution in [0.4, 0.5) is 14.5 Å². The molecule has 2 aromatic carbocycles. The first-order valence-corrected chi connectivity index (χ1v) is 7.25. The maximum atomic E-state index is 13.6. The number of anilines is 1. The number of hydrogen-bond donors (Lipinski definition) is 1. The molecule has 0 fully saturated rings. The van der Waals surface area contributed by atoms with Crippen LogP contribution in [0.5, 0.6) is 0 Å². The Hall–Kier alpha value is -3.02. The van der Waals surface area contributed by atoms with Gasteiger partial charge in [-0.05, 0) is 31.2 Å². The third kappa shape index (κ3) is 3.03. The predicted molar refractivity (Wildman–Crippen MR) is 85.7 cm³/mol. The second-order valence-electron chi connectivity index (χ2n) is 5.27. The fraction of sp³-hybridized carbons (Fsp3) is 0.111. The molecule has 0 unspecified atom stereocenters. The summed E-state index contributed by atoms with van der Waals surface area (Å²) in [5, 5.41) is 2.48. The topological polar surface area (TPSA) is 55.1 Å². The molecule has 1 amide bonds. The van der Waals surface area contributed by atoms with Crippen LogP contribution in [0.3, 0.4) is 0 Å². The first-order valence-electron chi connectivity index (χ1n) is 7.25. The van der Waals surface area contributed by atoms with E-state index in [0.717, 1.165) is 17.7 Å². The summed E-state index contributed by atoms with van der Waals surface area (Å²) in [5.41, 5.74) is 1.35. The number of halogens is 2. The van der Waals surface area contributed by atoms with E-state index in [2.05, 4.69) is 10.3 Å². The Morgan fingerprint density at radius 2 is 1.67 bits per heavy atom. The van der Waals surface area contributed by atoms with Crippen molar-refractivity contribution >= 4 is 11.6 Å². The highest BCUT2D eigenvalue weighted by Gasteiger charge is 2.17. The summed E-state index contributed by atoms with van der Waals surface area (Å²) in [6.45, 7) is 3.57. The Morgan fingerprint density at radius 1 is 1.04 bits per heavy atom. The molecule has 0 radical (unpaired) electrons. The van der Waals surface area contributed by atoms with Crippen LogP contribution in [0.25, 0.3) is 11.3 Å². The van der Waals surface area contributed by atoms with Crippen LogP contribution >= 0.6 is 0 Å². The number of carbonyl (C=O) groups excluding carboxylic acids is 1. The average molecular weight is 328 g/mol. The van der Waals surface area contributed by atoms with Crippen LogP contribution in [0, 0.1) is 25.5 Å². The molecule has 122 valence electrons. The van der Waals surface area contributed by atoms with E-state index in [9.17, 15) is 13.6 Å². The molecule has 1 heterocycles. The second-order valence-corrected chi connectivity index (χ2v) is 5.27. The van der Waals surface area contributed by atoms with Gasteiger partial charge in [-0.3, -0.25) is 4.79 Å². The van der Waals surface area contributed by atoms with Crippen LogP contribution in [-0.2, 0) is 0 Å². The standard InChI is InChI=1S/C18H14F2N2O2/c1-10-17(21-11(2)24-10)12-6-8-13(9-7-12)22-18(23)16-14(19)4-3-5-15(16)20/h3-9H,1-2H3,(H,22,23). The van der Waals surface area contributed by atoms with Crippen molar-refractivity contribution in [3.05, 3.63) is 71.3 Å². The van der Waals surface area contributed by atoms with Gasteiger partial charge in [-0.1, -0.05) is 18.2 Å².